The molecule has 8 heteroatoms. The van der Waals surface area contributed by atoms with Crippen molar-refractivity contribution < 1.29 is 4.74 Å². The number of nitrogens with zero attached hydrogens (tertiary/aromatic N) is 5. The molecule has 2 aromatic carbocycles. The number of halogens is 1. The van der Waals surface area contributed by atoms with Crippen LogP contribution in [0.1, 0.15) is 16.8 Å². The lowest BCUT2D eigenvalue weighted by Gasteiger charge is -2.13. The van der Waals surface area contributed by atoms with E-state index in [0.29, 0.717) is 29.7 Å². The summed E-state index contributed by atoms with van der Waals surface area (Å²) in [6.07, 6.45) is 6.76. The number of benzene rings is 2. The molecule has 0 unspecified atom stereocenters. The first-order valence-corrected chi connectivity index (χ1v) is 10.9. The maximum atomic E-state index is 6.29. The van der Waals surface area contributed by atoms with E-state index in [-0.39, 0.29) is 0 Å². The normalized spacial score (nSPS) is 11.0. The van der Waals surface area contributed by atoms with Gasteiger partial charge in [0.05, 0.1) is 12.7 Å². The van der Waals surface area contributed by atoms with Gasteiger partial charge in [-0.25, -0.2) is 9.97 Å². The third-order valence-electron chi connectivity index (χ3n) is 5.21. The van der Waals surface area contributed by atoms with Crippen molar-refractivity contribution in [2.45, 2.75) is 20.1 Å². The summed E-state index contributed by atoms with van der Waals surface area (Å²) in [4.78, 5) is 16.2. The zero-order valence-corrected chi connectivity index (χ0v) is 18.7. The summed E-state index contributed by atoms with van der Waals surface area (Å²) in [6.45, 7) is 3.02. The highest BCUT2D eigenvalue weighted by Crippen LogP contribution is 2.26. The van der Waals surface area contributed by atoms with Crippen molar-refractivity contribution in [3.63, 3.8) is 0 Å². The molecule has 0 aliphatic rings. The van der Waals surface area contributed by atoms with Crippen molar-refractivity contribution in [1.82, 2.24) is 29.7 Å². The molecule has 5 aromatic rings. The summed E-state index contributed by atoms with van der Waals surface area (Å²) >= 11 is 6.29. The molecule has 33 heavy (non-hydrogen) atoms. The number of hydrogen-bond donors (Lipinski definition) is 1. The quantitative estimate of drug-likeness (QED) is 0.358. The standard InChI is InChI=1S/C25H21ClN6O/c1-17-11-21(22-14-29-25(30-22)23-13-27-9-10-28-23)31-32(17)15-19-12-20(26)7-8-24(19)33-16-18-5-3-2-4-6-18/h2-14H,15-16H2,1H3,(H,29,30). The fraction of sp³-hybridized carbons (Fsp3) is 0.120. The highest BCUT2D eigenvalue weighted by atomic mass is 35.5. The number of H-pyrrole nitrogens is 1. The smallest absolute Gasteiger partial charge is 0.158 e. The van der Waals surface area contributed by atoms with Gasteiger partial charge in [-0.1, -0.05) is 41.9 Å². The van der Waals surface area contributed by atoms with Gasteiger partial charge in [-0.15, -0.1) is 0 Å². The SMILES string of the molecule is Cc1cc(-c2c[nH]c(-c3cnccn3)n2)nn1Cc1cc(Cl)ccc1OCc1ccccc1. The predicted octanol–water partition coefficient (Wildman–Crippen LogP) is 5.32. The Morgan fingerprint density at radius 3 is 2.70 bits per heavy atom. The molecular weight excluding hydrogens is 436 g/mol. The summed E-state index contributed by atoms with van der Waals surface area (Å²) in [5.74, 6) is 1.43. The molecule has 7 nitrogen and oxygen atoms in total. The van der Waals surface area contributed by atoms with Crippen LogP contribution in [0.4, 0.5) is 0 Å². The summed E-state index contributed by atoms with van der Waals surface area (Å²) in [7, 11) is 0. The van der Waals surface area contributed by atoms with Crippen LogP contribution in [0.3, 0.4) is 0 Å². The molecule has 0 aliphatic heterocycles. The molecule has 0 bridgehead atoms. The highest BCUT2D eigenvalue weighted by Gasteiger charge is 2.14. The van der Waals surface area contributed by atoms with E-state index in [1.165, 1.54) is 0 Å². The van der Waals surface area contributed by atoms with E-state index in [1.54, 1.807) is 18.6 Å². The van der Waals surface area contributed by atoms with E-state index in [0.717, 1.165) is 34.0 Å². The number of aryl methyl sites for hydroxylation is 1. The third kappa shape index (κ3) is 4.78. The Kier molecular flexibility index (Phi) is 5.87. The van der Waals surface area contributed by atoms with Crippen LogP contribution in [0.2, 0.25) is 5.02 Å². The first-order valence-electron chi connectivity index (χ1n) is 10.5. The summed E-state index contributed by atoms with van der Waals surface area (Å²) < 4.78 is 8.03. The monoisotopic (exact) mass is 456 g/mol. The first-order chi connectivity index (χ1) is 16.2. The van der Waals surface area contributed by atoms with Gasteiger partial charge in [0, 0.05) is 34.9 Å². The van der Waals surface area contributed by atoms with Crippen LogP contribution in [-0.2, 0) is 13.2 Å². The second-order valence-corrected chi connectivity index (χ2v) is 8.02. The minimum atomic E-state index is 0.483. The van der Waals surface area contributed by atoms with Gasteiger partial charge in [0.2, 0.25) is 0 Å². The Bertz CT molecular complexity index is 1360. The molecule has 0 spiro atoms. The summed E-state index contributed by atoms with van der Waals surface area (Å²) in [5.41, 5.74) is 5.26. The Balaban J connectivity index is 1.37. The fourth-order valence-corrected chi connectivity index (χ4v) is 3.70. The number of aromatic nitrogens is 6. The second-order valence-electron chi connectivity index (χ2n) is 7.58. The minimum Gasteiger partial charge on any atom is -0.489 e. The number of imidazole rings is 1. The Morgan fingerprint density at radius 1 is 1.00 bits per heavy atom. The van der Waals surface area contributed by atoms with Gasteiger partial charge in [0.25, 0.3) is 0 Å². The van der Waals surface area contributed by atoms with E-state index < -0.39 is 0 Å². The van der Waals surface area contributed by atoms with E-state index in [9.17, 15) is 0 Å². The molecule has 0 radical (unpaired) electrons. The maximum absolute atomic E-state index is 6.29. The van der Waals surface area contributed by atoms with Gasteiger partial charge in [-0.2, -0.15) is 5.10 Å². The molecule has 164 valence electrons. The fourth-order valence-electron chi connectivity index (χ4n) is 3.51. The van der Waals surface area contributed by atoms with Crippen LogP contribution in [-0.4, -0.2) is 29.7 Å². The highest BCUT2D eigenvalue weighted by molar-refractivity contribution is 6.30. The van der Waals surface area contributed by atoms with E-state index >= 15 is 0 Å². The number of hydrogen-bond acceptors (Lipinski definition) is 5. The van der Waals surface area contributed by atoms with Crippen LogP contribution < -0.4 is 4.74 Å². The molecule has 0 saturated heterocycles. The number of aromatic amines is 1. The molecule has 0 saturated carbocycles. The Hall–Kier alpha value is -3.97. The largest absolute Gasteiger partial charge is 0.489 e. The average Bonchev–Trinajstić information content (AvgIpc) is 3.47. The Morgan fingerprint density at radius 2 is 1.88 bits per heavy atom. The molecule has 5 rings (SSSR count). The van der Waals surface area contributed by atoms with Gasteiger partial charge < -0.3 is 9.72 Å². The molecule has 3 aromatic heterocycles. The van der Waals surface area contributed by atoms with E-state index in [1.807, 2.05) is 72.4 Å². The van der Waals surface area contributed by atoms with Crippen LogP contribution in [0.15, 0.2) is 79.4 Å². The lowest BCUT2D eigenvalue weighted by atomic mass is 10.2. The lowest BCUT2D eigenvalue weighted by molar-refractivity contribution is 0.302. The van der Waals surface area contributed by atoms with Crippen molar-refractivity contribution in [2.75, 3.05) is 0 Å². The molecule has 0 atom stereocenters. The molecule has 0 fully saturated rings. The average molecular weight is 457 g/mol. The topological polar surface area (TPSA) is 81.5 Å². The second kappa shape index (κ2) is 9.26. The lowest BCUT2D eigenvalue weighted by Crippen LogP contribution is -2.06. The summed E-state index contributed by atoms with van der Waals surface area (Å²) in [6, 6.07) is 17.7. The van der Waals surface area contributed by atoms with Gasteiger partial charge in [0.1, 0.15) is 29.4 Å². The van der Waals surface area contributed by atoms with Gasteiger partial charge >= 0.3 is 0 Å². The third-order valence-corrected chi connectivity index (χ3v) is 5.44. The molecular formula is C25H21ClN6O. The van der Waals surface area contributed by atoms with Crippen molar-refractivity contribution in [2.24, 2.45) is 0 Å². The zero-order valence-electron chi connectivity index (χ0n) is 17.9. The number of ether oxygens (including phenoxy) is 1. The Labute approximate surface area is 196 Å². The van der Waals surface area contributed by atoms with Gasteiger partial charge in [-0.05, 0) is 36.8 Å². The number of rotatable bonds is 7. The minimum absolute atomic E-state index is 0.483. The van der Waals surface area contributed by atoms with Crippen LogP contribution in [0, 0.1) is 6.92 Å². The van der Waals surface area contributed by atoms with Crippen LogP contribution in [0.25, 0.3) is 22.9 Å². The van der Waals surface area contributed by atoms with Gasteiger partial charge in [0.15, 0.2) is 5.82 Å². The van der Waals surface area contributed by atoms with E-state index in [4.69, 9.17) is 21.4 Å². The van der Waals surface area contributed by atoms with Crippen molar-refractivity contribution in [3.05, 3.63) is 101 Å². The maximum Gasteiger partial charge on any atom is 0.158 e. The predicted molar refractivity (Wildman–Crippen MR) is 127 cm³/mol. The van der Waals surface area contributed by atoms with Crippen LogP contribution >= 0.6 is 11.6 Å². The molecule has 0 aliphatic carbocycles. The van der Waals surface area contributed by atoms with E-state index in [2.05, 4.69) is 19.9 Å². The van der Waals surface area contributed by atoms with Crippen LogP contribution in [0.5, 0.6) is 5.75 Å². The molecule has 1 N–H and O–H groups in total. The molecule has 0 amide bonds. The van der Waals surface area contributed by atoms with Crippen molar-refractivity contribution in [1.29, 1.82) is 0 Å². The van der Waals surface area contributed by atoms with Crippen molar-refractivity contribution >= 4 is 11.6 Å². The number of nitrogens with one attached hydrogen (secondary N) is 1. The summed E-state index contributed by atoms with van der Waals surface area (Å²) in [5, 5.41) is 5.43. The first kappa shape index (κ1) is 20.9. The van der Waals surface area contributed by atoms with Gasteiger partial charge in [-0.3, -0.25) is 9.67 Å². The van der Waals surface area contributed by atoms with Crippen molar-refractivity contribution in [3.8, 4) is 28.7 Å². The zero-order chi connectivity index (χ0) is 22.6. The molecule has 3 heterocycles.